The minimum atomic E-state index is -4.46. The van der Waals surface area contributed by atoms with Crippen LogP contribution < -0.4 is 0 Å². The zero-order chi connectivity index (χ0) is 21.1. The summed E-state index contributed by atoms with van der Waals surface area (Å²) in [6, 6.07) is 6.74. The van der Waals surface area contributed by atoms with Gasteiger partial charge in [0.1, 0.15) is 5.69 Å². The summed E-state index contributed by atoms with van der Waals surface area (Å²) in [6.45, 7) is 13.8. The summed E-state index contributed by atoms with van der Waals surface area (Å²) in [7, 11) is 0. The Hall–Kier alpha value is -2.36. The Kier molecular flexibility index (Phi) is 6.87. The highest BCUT2D eigenvalue weighted by Gasteiger charge is 2.34. The molecule has 28 heavy (non-hydrogen) atoms. The van der Waals surface area contributed by atoms with Crippen molar-refractivity contribution < 1.29 is 13.2 Å². The quantitative estimate of drug-likeness (QED) is 0.459. The van der Waals surface area contributed by atoms with Crippen molar-refractivity contribution in [2.45, 2.75) is 59.6 Å². The molecule has 0 saturated heterocycles. The third-order valence-electron chi connectivity index (χ3n) is 5.00. The topological polar surface area (TPSA) is 12.9 Å². The van der Waals surface area contributed by atoms with Gasteiger partial charge in [-0.1, -0.05) is 49.4 Å². The second-order valence-corrected chi connectivity index (χ2v) is 7.64. The molecular formula is C24H28F3N. The van der Waals surface area contributed by atoms with Gasteiger partial charge < -0.3 is 0 Å². The normalized spacial score (nSPS) is 13.9. The zero-order valence-electron chi connectivity index (χ0n) is 17.2. The number of rotatable bonds is 6. The minimum absolute atomic E-state index is 0.0390. The highest BCUT2D eigenvalue weighted by molar-refractivity contribution is 5.85. The molecule has 0 amide bonds. The lowest BCUT2D eigenvalue weighted by Crippen LogP contribution is -2.10. The molecule has 1 nitrogen and oxygen atoms in total. The van der Waals surface area contributed by atoms with Gasteiger partial charge in [0.05, 0.1) is 5.52 Å². The number of halogens is 3. The highest BCUT2D eigenvalue weighted by atomic mass is 19.4. The van der Waals surface area contributed by atoms with Crippen LogP contribution in [-0.4, -0.2) is 4.98 Å². The lowest BCUT2D eigenvalue weighted by Gasteiger charge is -2.18. The lowest BCUT2D eigenvalue weighted by molar-refractivity contribution is -0.141. The van der Waals surface area contributed by atoms with Crippen molar-refractivity contribution in [2.75, 3.05) is 0 Å². The van der Waals surface area contributed by atoms with Crippen LogP contribution in [0.25, 0.3) is 10.9 Å². The maximum atomic E-state index is 13.4. The Morgan fingerprint density at radius 3 is 2.46 bits per heavy atom. The summed E-state index contributed by atoms with van der Waals surface area (Å²) >= 11 is 0. The summed E-state index contributed by atoms with van der Waals surface area (Å²) in [6.07, 6.45) is 0.986. The molecular weight excluding hydrogens is 359 g/mol. The van der Waals surface area contributed by atoms with Crippen molar-refractivity contribution in [3.05, 3.63) is 76.5 Å². The van der Waals surface area contributed by atoms with Crippen LogP contribution in [0.2, 0.25) is 0 Å². The molecule has 1 atom stereocenters. The third-order valence-corrected chi connectivity index (χ3v) is 5.00. The number of alkyl halides is 3. The number of para-hydroxylation sites is 1. The van der Waals surface area contributed by atoms with Crippen LogP contribution in [0.3, 0.4) is 0 Å². The number of nitrogens with zero attached hydrogens (tertiary/aromatic N) is 1. The molecule has 150 valence electrons. The van der Waals surface area contributed by atoms with Crippen molar-refractivity contribution in [1.29, 1.82) is 0 Å². The molecule has 0 fully saturated rings. The van der Waals surface area contributed by atoms with Gasteiger partial charge in [-0.15, -0.1) is 0 Å². The molecule has 1 aromatic heterocycles. The molecule has 1 unspecified atom stereocenters. The fraction of sp³-hybridized carbons (Fsp3) is 0.375. The molecule has 1 heterocycles. The van der Waals surface area contributed by atoms with Gasteiger partial charge in [-0.3, -0.25) is 0 Å². The standard InChI is InChI=1S/C24H28F3N/c1-7-19(18(6)13-15(2)3)12-11-16(4)21-14-22(24(25,26)27)28-23-17(5)9-8-10-20(21)23/h7-10,13-14,16H,1,11-12H2,2-6H3. The van der Waals surface area contributed by atoms with Crippen LogP contribution in [0.15, 0.2) is 59.7 Å². The summed E-state index contributed by atoms with van der Waals surface area (Å²) in [5.74, 6) is -0.0390. The molecule has 1 aromatic carbocycles. The average Bonchev–Trinajstić information content (AvgIpc) is 2.60. The Bertz CT molecular complexity index is 929. The van der Waals surface area contributed by atoms with Crippen LogP contribution in [-0.2, 0) is 6.18 Å². The van der Waals surface area contributed by atoms with Crippen LogP contribution in [0.1, 0.15) is 63.3 Å². The predicted octanol–water partition coefficient (Wildman–Crippen LogP) is 7.91. The van der Waals surface area contributed by atoms with E-state index >= 15 is 0 Å². The lowest BCUT2D eigenvalue weighted by atomic mass is 9.89. The van der Waals surface area contributed by atoms with E-state index in [1.165, 1.54) is 11.6 Å². The largest absolute Gasteiger partial charge is 0.433 e. The van der Waals surface area contributed by atoms with Gasteiger partial charge in [0.25, 0.3) is 0 Å². The summed E-state index contributed by atoms with van der Waals surface area (Å²) < 4.78 is 40.2. The van der Waals surface area contributed by atoms with E-state index < -0.39 is 11.9 Å². The first kappa shape index (κ1) is 21.9. The minimum Gasteiger partial charge on any atom is -0.243 e. The van der Waals surface area contributed by atoms with Crippen molar-refractivity contribution in [3.8, 4) is 0 Å². The van der Waals surface area contributed by atoms with Crippen LogP contribution in [0.5, 0.6) is 0 Å². The number of hydrogen-bond donors (Lipinski definition) is 0. The average molecular weight is 387 g/mol. The number of allylic oxidation sites excluding steroid dienone is 5. The number of hydrogen-bond acceptors (Lipinski definition) is 1. The third kappa shape index (κ3) is 5.12. The fourth-order valence-corrected chi connectivity index (χ4v) is 3.48. The van der Waals surface area contributed by atoms with Crippen LogP contribution >= 0.6 is 0 Å². The smallest absolute Gasteiger partial charge is 0.243 e. The zero-order valence-corrected chi connectivity index (χ0v) is 17.2. The van der Waals surface area contributed by atoms with Crippen molar-refractivity contribution in [1.82, 2.24) is 4.98 Å². The molecule has 0 aliphatic carbocycles. The number of aromatic nitrogens is 1. The van der Waals surface area contributed by atoms with Gasteiger partial charge in [0.2, 0.25) is 0 Å². The number of fused-ring (bicyclic) bond motifs is 1. The predicted molar refractivity (Wildman–Crippen MR) is 111 cm³/mol. The number of aryl methyl sites for hydroxylation is 1. The van der Waals surface area contributed by atoms with Crippen LogP contribution in [0.4, 0.5) is 13.2 Å². The van der Waals surface area contributed by atoms with Crippen LogP contribution in [0, 0.1) is 6.92 Å². The van der Waals surface area contributed by atoms with Gasteiger partial charge >= 0.3 is 6.18 Å². The number of pyridine rings is 1. The van der Waals surface area contributed by atoms with Gasteiger partial charge in [-0.2, -0.15) is 13.2 Å². The van der Waals surface area contributed by atoms with E-state index in [9.17, 15) is 13.2 Å². The van der Waals surface area contributed by atoms with E-state index in [1.54, 1.807) is 13.0 Å². The first-order chi connectivity index (χ1) is 13.0. The second kappa shape index (κ2) is 8.76. The Labute approximate surface area is 165 Å². The summed E-state index contributed by atoms with van der Waals surface area (Å²) in [5, 5.41) is 0.797. The molecule has 0 radical (unpaired) electrons. The SMILES string of the molecule is C=CC(CCC(C)c1cc(C(F)(F)F)nc2c(C)cccc12)=C(C)C=C(C)C. The van der Waals surface area contributed by atoms with Gasteiger partial charge in [-0.25, -0.2) is 4.98 Å². The van der Waals surface area contributed by atoms with E-state index in [2.05, 4.69) is 17.6 Å². The first-order valence-electron chi connectivity index (χ1n) is 9.49. The molecule has 2 rings (SSSR count). The number of benzene rings is 1. The molecule has 0 aliphatic rings. The van der Waals surface area contributed by atoms with Crippen molar-refractivity contribution in [3.63, 3.8) is 0 Å². The van der Waals surface area contributed by atoms with Gasteiger partial charge in [0, 0.05) is 5.39 Å². The monoisotopic (exact) mass is 387 g/mol. The maximum Gasteiger partial charge on any atom is 0.433 e. The summed E-state index contributed by atoms with van der Waals surface area (Å²) in [4.78, 5) is 3.90. The molecule has 0 N–H and O–H groups in total. The van der Waals surface area contributed by atoms with E-state index in [-0.39, 0.29) is 5.92 Å². The van der Waals surface area contributed by atoms with E-state index in [0.717, 1.165) is 34.9 Å². The summed E-state index contributed by atoms with van der Waals surface area (Å²) in [5.41, 5.74) is 4.53. The molecule has 2 aromatic rings. The second-order valence-electron chi connectivity index (χ2n) is 7.64. The molecule has 4 heteroatoms. The Morgan fingerprint density at radius 1 is 1.21 bits per heavy atom. The van der Waals surface area contributed by atoms with Gasteiger partial charge in [0.15, 0.2) is 0 Å². The Balaban J connectivity index is 2.45. The van der Waals surface area contributed by atoms with E-state index in [4.69, 9.17) is 0 Å². The van der Waals surface area contributed by atoms with Gasteiger partial charge in [-0.05, 0) is 74.8 Å². The molecule has 0 saturated carbocycles. The van der Waals surface area contributed by atoms with E-state index in [1.807, 2.05) is 45.9 Å². The van der Waals surface area contributed by atoms with E-state index in [0.29, 0.717) is 11.1 Å². The van der Waals surface area contributed by atoms with Crippen molar-refractivity contribution in [2.24, 2.45) is 0 Å². The Morgan fingerprint density at radius 2 is 1.89 bits per heavy atom. The molecule has 0 aliphatic heterocycles. The molecule has 0 spiro atoms. The maximum absolute atomic E-state index is 13.4. The molecule has 0 bridgehead atoms. The first-order valence-corrected chi connectivity index (χ1v) is 9.49. The van der Waals surface area contributed by atoms with Crippen molar-refractivity contribution >= 4 is 10.9 Å². The highest BCUT2D eigenvalue weighted by Crippen LogP contribution is 2.36. The fourth-order valence-electron chi connectivity index (χ4n) is 3.48.